The molecule has 0 aromatic carbocycles. The van der Waals surface area contributed by atoms with Crippen LogP contribution in [-0.2, 0) is 0 Å². The van der Waals surface area contributed by atoms with Crippen LogP contribution in [0.25, 0.3) is 0 Å². The van der Waals surface area contributed by atoms with E-state index >= 15 is 0 Å². The summed E-state index contributed by atoms with van der Waals surface area (Å²) < 4.78 is 0. The molecule has 0 saturated heterocycles. The van der Waals surface area contributed by atoms with Crippen LogP contribution < -0.4 is 0 Å². The second kappa shape index (κ2) is 1.79. The summed E-state index contributed by atoms with van der Waals surface area (Å²) in [6.07, 6.45) is 6.93. The molecule has 9 heavy (non-hydrogen) atoms. The molecule has 0 unspecified atom stereocenters. The molecule has 2 heteroatoms. The summed E-state index contributed by atoms with van der Waals surface area (Å²) in [6, 6.07) is 1.87. The van der Waals surface area contributed by atoms with Crippen molar-refractivity contribution >= 4 is 0 Å². The van der Waals surface area contributed by atoms with E-state index in [1.54, 1.807) is 6.33 Å². The van der Waals surface area contributed by atoms with Gasteiger partial charge in [-0.25, -0.2) is 9.97 Å². The maximum absolute atomic E-state index is 4.10. The van der Waals surface area contributed by atoms with Gasteiger partial charge in [0.1, 0.15) is 6.33 Å². The average Bonchev–Trinajstić information content (AvgIpc) is 2.71. The minimum Gasteiger partial charge on any atom is -0.241 e. The van der Waals surface area contributed by atoms with E-state index in [0.29, 0.717) is 0 Å². The molecule has 0 amide bonds. The Kier molecular flexibility index (Phi) is 0.979. The van der Waals surface area contributed by atoms with E-state index in [1.807, 2.05) is 6.07 Å². The van der Waals surface area contributed by atoms with Crippen molar-refractivity contribution in [1.29, 1.82) is 0 Å². The van der Waals surface area contributed by atoms with E-state index in [-0.39, 0.29) is 0 Å². The number of nitrogens with zero attached hydrogens (tertiary/aromatic N) is 2. The van der Waals surface area contributed by atoms with Crippen molar-refractivity contribution in [3.63, 3.8) is 0 Å². The molecule has 0 aliphatic heterocycles. The number of hydrogen-bond donors (Lipinski definition) is 0. The highest BCUT2D eigenvalue weighted by Gasteiger charge is 2.24. The van der Waals surface area contributed by atoms with Gasteiger partial charge in [0.05, 0.1) is 6.20 Å². The normalized spacial score (nSPS) is 17.8. The quantitative estimate of drug-likeness (QED) is 0.554. The van der Waals surface area contributed by atoms with Gasteiger partial charge in [-0.3, -0.25) is 0 Å². The minimum atomic E-state index is 0.726. The van der Waals surface area contributed by atoms with Gasteiger partial charge in [0.15, 0.2) is 0 Å². The third-order valence-corrected chi connectivity index (χ3v) is 1.55. The van der Waals surface area contributed by atoms with Crippen LogP contribution in [0.2, 0.25) is 0 Å². The summed E-state index contributed by atoms with van der Waals surface area (Å²) in [6.45, 7) is 0. The molecule has 2 rings (SSSR count). The van der Waals surface area contributed by atoms with Crippen molar-refractivity contribution in [2.75, 3.05) is 0 Å². The SMILES string of the molecule is [c]1cc(C2CC2)ncn1. The minimum absolute atomic E-state index is 0.726. The molecule has 1 heterocycles. The second-order valence-corrected chi connectivity index (χ2v) is 2.35. The van der Waals surface area contributed by atoms with Gasteiger partial charge in [-0.2, -0.15) is 0 Å². The Morgan fingerprint density at radius 3 is 3.00 bits per heavy atom. The predicted octanol–water partition coefficient (Wildman–Crippen LogP) is 1.15. The highest BCUT2D eigenvalue weighted by Crippen LogP contribution is 2.38. The Morgan fingerprint density at radius 1 is 1.56 bits per heavy atom. The van der Waals surface area contributed by atoms with Crippen molar-refractivity contribution in [1.82, 2.24) is 9.97 Å². The van der Waals surface area contributed by atoms with Crippen LogP contribution in [0.15, 0.2) is 12.4 Å². The third-order valence-electron chi connectivity index (χ3n) is 1.55. The lowest BCUT2D eigenvalue weighted by Crippen LogP contribution is -1.84. The summed E-state index contributed by atoms with van der Waals surface area (Å²) >= 11 is 0. The summed E-state index contributed by atoms with van der Waals surface area (Å²) in [5.41, 5.74) is 1.16. The first-order chi connectivity index (χ1) is 4.47. The Balaban J connectivity index is 2.29. The Bertz CT molecular complexity index is 191. The van der Waals surface area contributed by atoms with Crippen LogP contribution in [0.5, 0.6) is 0 Å². The van der Waals surface area contributed by atoms with E-state index in [4.69, 9.17) is 0 Å². The summed E-state index contributed by atoms with van der Waals surface area (Å²) in [5, 5.41) is 0. The summed E-state index contributed by atoms with van der Waals surface area (Å²) in [4.78, 5) is 7.82. The standard InChI is InChI=1S/C7H7N2/c1-2-6(1)7-3-4-8-5-9-7/h3,5-6H,1-2H2. The van der Waals surface area contributed by atoms with Crippen molar-refractivity contribution in [2.45, 2.75) is 18.8 Å². The molecular weight excluding hydrogens is 112 g/mol. The van der Waals surface area contributed by atoms with E-state index in [9.17, 15) is 0 Å². The maximum Gasteiger partial charge on any atom is 0.116 e. The van der Waals surface area contributed by atoms with Crippen molar-refractivity contribution in [3.05, 3.63) is 24.3 Å². The summed E-state index contributed by atoms with van der Waals surface area (Å²) in [5.74, 6) is 0.726. The molecule has 2 nitrogen and oxygen atoms in total. The first kappa shape index (κ1) is 4.91. The van der Waals surface area contributed by atoms with Crippen LogP contribution in [0.3, 0.4) is 0 Å². The van der Waals surface area contributed by atoms with Gasteiger partial charge >= 0.3 is 0 Å². The number of aromatic nitrogens is 2. The van der Waals surface area contributed by atoms with Gasteiger partial charge in [0, 0.05) is 11.6 Å². The van der Waals surface area contributed by atoms with E-state index in [1.165, 1.54) is 12.8 Å². The average molecular weight is 119 g/mol. The van der Waals surface area contributed by atoms with Gasteiger partial charge < -0.3 is 0 Å². The van der Waals surface area contributed by atoms with Crippen molar-refractivity contribution < 1.29 is 0 Å². The van der Waals surface area contributed by atoms with Crippen molar-refractivity contribution in [2.24, 2.45) is 0 Å². The lowest BCUT2D eigenvalue weighted by Gasteiger charge is -1.89. The van der Waals surface area contributed by atoms with Gasteiger partial charge in [-0.15, -0.1) is 0 Å². The van der Waals surface area contributed by atoms with E-state index in [0.717, 1.165) is 11.6 Å². The smallest absolute Gasteiger partial charge is 0.116 e. The largest absolute Gasteiger partial charge is 0.241 e. The first-order valence-corrected chi connectivity index (χ1v) is 3.15. The molecule has 1 aliphatic rings. The fourth-order valence-electron chi connectivity index (χ4n) is 0.872. The Morgan fingerprint density at radius 2 is 2.44 bits per heavy atom. The van der Waals surface area contributed by atoms with Gasteiger partial charge in [-0.05, 0) is 18.9 Å². The second-order valence-electron chi connectivity index (χ2n) is 2.35. The summed E-state index contributed by atoms with van der Waals surface area (Å²) in [7, 11) is 0. The molecule has 1 aromatic rings. The van der Waals surface area contributed by atoms with Crippen LogP contribution >= 0.6 is 0 Å². The fraction of sp³-hybridized carbons (Fsp3) is 0.429. The van der Waals surface area contributed by atoms with Crippen LogP contribution in [0.4, 0.5) is 0 Å². The number of hydrogen-bond acceptors (Lipinski definition) is 2. The van der Waals surface area contributed by atoms with Crippen molar-refractivity contribution in [3.8, 4) is 0 Å². The molecule has 1 radical (unpaired) electrons. The molecule has 0 spiro atoms. The van der Waals surface area contributed by atoms with Crippen LogP contribution in [0, 0.1) is 6.20 Å². The molecule has 1 aliphatic carbocycles. The molecular formula is C7H7N2. The number of rotatable bonds is 1. The van der Waals surface area contributed by atoms with Gasteiger partial charge in [0.2, 0.25) is 0 Å². The third kappa shape index (κ3) is 0.922. The molecule has 1 fully saturated rings. The van der Waals surface area contributed by atoms with Crippen LogP contribution in [0.1, 0.15) is 24.5 Å². The zero-order valence-electron chi connectivity index (χ0n) is 5.04. The maximum atomic E-state index is 4.10. The zero-order valence-corrected chi connectivity index (χ0v) is 5.04. The molecule has 1 aromatic heterocycles. The molecule has 0 bridgehead atoms. The fourth-order valence-corrected chi connectivity index (χ4v) is 0.872. The van der Waals surface area contributed by atoms with Gasteiger partial charge in [-0.1, -0.05) is 0 Å². The van der Waals surface area contributed by atoms with E-state index in [2.05, 4.69) is 16.2 Å². The Labute approximate surface area is 54.0 Å². The lowest BCUT2D eigenvalue weighted by atomic mass is 10.3. The molecule has 1 saturated carbocycles. The molecule has 45 valence electrons. The lowest BCUT2D eigenvalue weighted by molar-refractivity contribution is 0.984. The predicted molar refractivity (Wildman–Crippen MR) is 32.8 cm³/mol. The molecule has 0 atom stereocenters. The highest BCUT2D eigenvalue weighted by molar-refractivity contribution is 5.10. The zero-order chi connectivity index (χ0) is 6.10. The highest BCUT2D eigenvalue weighted by atomic mass is 14.8. The van der Waals surface area contributed by atoms with E-state index < -0.39 is 0 Å². The molecule has 0 N–H and O–H groups in total. The van der Waals surface area contributed by atoms with Gasteiger partial charge in [0.25, 0.3) is 0 Å². The monoisotopic (exact) mass is 119 g/mol. The Hall–Kier alpha value is -0.920. The first-order valence-electron chi connectivity index (χ1n) is 3.15. The van der Waals surface area contributed by atoms with Crippen LogP contribution in [-0.4, -0.2) is 9.97 Å². The topological polar surface area (TPSA) is 25.8 Å².